The molecule has 0 bridgehead atoms. The summed E-state index contributed by atoms with van der Waals surface area (Å²) in [6.07, 6.45) is 3.97. The third-order valence-corrected chi connectivity index (χ3v) is 4.97. The largest absolute Gasteiger partial charge is 0.343 e. The number of benzene rings is 1. The molecule has 1 aliphatic rings. The highest BCUT2D eigenvalue weighted by Gasteiger charge is 2.28. The Hall–Kier alpha value is -1.94. The molecule has 2 atom stereocenters. The predicted octanol–water partition coefficient (Wildman–Crippen LogP) is 2.97. The normalized spacial score (nSPS) is 21.6. The number of carbonyl (C=O) groups excluding carboxylic acids is 1. The van der Waals surface area contributed by atoms with Gasteiger partial charge in [0.1, 0.15) is 0 Å². The van der Waals surface area contributed by atoms with Gasteiger partial charge in [0.2, 0.25) is 5.91 Å². The number of pyridine rings is 1. The zero-order valence-electron chi connectivity index (χ0n) is 14.0. The molecule has 23 heavy (non-hydrogen) atoms. The van der Waals surface area contributed by atoms with E-state index in [1.807, 2.05) is 17.2 Å². The maximum Gasteiger partial charge on any atom is 0.219 e. The number of nitrogens with zero attached hydrogens (tertiary/aromatic N) is 2. The Bertz CT molecular complexity index is 680. The van der Waals surface area contributed by atoms with Gasteiger partial charge in [-0.15, -0.1) is 0 Å². The van der Waals surface area contributed by atoms with Crippen molar-refractivity contribution >= 4 is 16.8 Å². The topological polar surface area (TPSA) is 45.2 Å². The smallest absolute Gasteiger partial charge is 0.219 e. The fourth-order valence-electron chi connectivity index (χ4n) is 3.55. The Morgan fingerprint density at radius 2 is 2.17 bits per heavy atom. The number of hydrogen-bond acceptors (Lipinski definition) is 3. The lowest BCUT2D eigenvalue weighted by Crippen LogP contribution is -2.50. The van der Waals surface area contributed by atoms with E-state index in [4.69, 9.17) is 0 Å². The van der Waals surface area contributed by atoms with Crippen molar-refractivity contribution in [2.45, 2.75) is 39.3 Å². The molecule has 1 aromatic heterocycles. The van der Waals surface area contributed by atoms with Crippen LogP contribution in [0.1, 0.15) is 32.3 Å². The molecule has 0 spiro atoms. The van der Waals surface area contributed by atoms with Gasteiger partial charge in [-0.25, -0.2) is 0 Å². The highest BCUT2D eigenvalue weighted by atomic mass is 16.2. The maximum atomic E-state index is 11.6. The van der Waals surface area contributed by atoms with Crippen LogP contribution < -0.4 is 5.32 Å². The van der Waals surface area contributed by atoms with Crippen molar-refractivity contribution < 1.29 is 4.79 Å². The second kappa shape index (κ2) is 7.09. The average molecular weight is 311 g/mol. The fraction of sp³-hybridized carbons (Fsp3) is 0.474. The first-order valence-electron chi connectivity index (χ1n) is 8.50. The maximum absolute atomic E-state index is 11.6. The number of fused-ring (bicyclic) bond motifs is 1. The minimum Gasteiger partial charge on any atom is -0.343 e. The van der Waals surface area contributed by atoms with Gasteiger partial charge < -0.3 is 10.2 Å². The zero-order chi connectivity index (χ0) is 16.2. The van der Waals surface area contributed by atoms with Crippen LogP contribution >= 0.6 is 0 Å². The van der Waals surface area contributed by atoms with Gasteiger partial charge in [-0.2, -0.15) is 0 Å². The second-order valence-corrected chi connectivity index (χ2v) is 6.40. The van der Waals surface area contributed by atoms with Crippen LogP contribution in [-0.4, -0.2) is 34.9 Å². The summed E-state index contributed by atoms with van der Waals surface area (Å²) in [5.74, 6) is 0.718. The molecule has 2 aromatic rings. The molecule has 1 amide bonds. The van der Waals surface area contributed by atoms with Crippen LogP contribution in [-0.2, 0) is 11.3 Å². The van der Waals surface area contributed by atoms with Gasteiger partial charge >= 0.3 is 0 Å². The number of hydrogen-bond donors (Lipinski definition) is 1. The van der Waals surface area contributed by atoms with Gasteiger partial charge in [0.25, 0.3) is 0 Å². The second-order valence-electron chi connectivity index (χ2n) is 6.40. The molecule has 2 heterocycles. The van der Waals surface area contributed by atoms with Crippen molar-refractivity contribution in [3.63, 3.8) is 0 Å². The fourth-order valence-corrected chi connectivity index (χ4v) is 3.55. The Morgan fingerprint density at radius 3 is 2.96 bits per heavy atom. The highest BCUT2D eigenvalue weighted by molar-refractivity contribution is 5.81. The minimum atomic E-state index is 0.195. The molecule has 1 aliphatic heterocycles. The summed E-state index contributed by atoms with van der Waals surface area (Å²) < 4.78 is 0. The lowest BCUT2D eigenvalue weighted by molar-refractivity contribution is -0.131. The summed E-state index contributed by atoms with van der Waals surface area (Å²) >= 11 is 0. The molecule has 122 valence electrons. The van der Waals surface area contributed by atoms with Crippen LogP contribution in [0.15, 0.2) is 36.5 Å². The molecule has 1 fully saturated rings. The van der Waals surface area contributed by atoms with Crippen LogP contribution in [0.4, 0.5) is 0 Å². The van der Waals surface area contributed by atoms with E-state index in [2.05, 4.69) is 41.5 Å². The van der Waals surface area contributed by atoms with Crippen molar-refractivity contribution in [2.24, 2.45) is 5.92 Å². The molecule has 1 N–H and O–H groups in total. The summed E-state index contributed by atoms with van der Waals surface area (Å²) in [6, 6.07) is 10.9. The first-order valence-corrected chi connectivity index (χ1v) is 8.50. The summed E-state index contributed by atoms with van der Waals surface area (Å²) in [4.78, 5) is 18.1. The molecule has 0 saturated carbocycles. The molecule has 4 heteroatoms. The molecular weight excluding hydrogens is 286 g/mol. The number of likely N-dealkylation sites (tertiary alicyclic amines) is 1. The van der Waals surface area contributed by atoms with Crippen molar-refractivity contribution in [2.75, 3.05) is 13.1 Å². The highest BCUT2D eigenvalue weighted by Crippen LogP contribution is 2.22. The molecule has 1 saturated heterocycles. The van der Waals surface area contributed by atoms with Gasteiger partial charge in [-0.3, -0.25) is 9.78 Å². The Morgan fingerprint density at radius 1 is 1.35 bits per heavy atom. The van der Waals surface area contributed by atoms with E-state index in [-0.39, 0.29) is 5.91 Å². The zero-order valence-corrected chi connectivity index (χ0v) is 14.0. The predicted molar refractivity (Wildman–Crippen MR) is 93.0 cm³/mol. The molecular formula is C19H25N3O. The number of nitrogens with one attached hydrogen (secondary N) is 1. The van der Waals surface area contributed by atoms with Gasteiger partial charge in [-0.05, 0) is 24.0 Å². The van der Waals surface area contributed by atoms with Crippen LogP contribution in [0.2, 0.25) is 0 Å². The number of piperidine rings is 1. The number of aromatic nitrogens is 1. The molecule has 2 unspecified atom stereocenters. The summed E-state index contributed by atoms with van der Waals surface area (Å²) in [7, 11) is 0. The molecule has 0 radical (unpaired) electrons. The average Bonchev–Trinajstić information content (AvgIpc) is 2.59. The first-order chi connectivity index (χ1) is 11.2. The van der Waals surface area contributed by atoms with Crippen molar-refractivity contribution in [1.82, 2.24) is 15.2 Å². The summed E-state index contributed by atoms with van der Waals surface area (Å²) in [5, 5.41) is 4.90. The van der Waals surface area contributed by atoms with Crippen LogP contribution in [0.25, 0.3) is 10.9 Å². The summed E-state index contributed by atoms with van der Waals surface area (Å²) in [6.45, 7) is 6.44. The third-order valence-electron chi connectivity index (χ3n) is 4.97. The van der Waals surface area contributed by atoms with Gasteiger partial charge in [0, 0.05) is 44.2 Å². The number of rotatable bonds is 4. The van der Waals surface area contributed by atoms with E-state index in [9.17, 15) is 4.79 Å². The Balaban J connectivity index is 1.68. The van der Waals surface area contributed by atoms with Crippen molar-refractivity contribution in [1.29, 1.82) is 0 Å². The van der Waals surface area contributed by atoms with E-state index in [0.29, 0.717) is 12.0 Å². The van der Waals surface area contributed by atoms with E-state index < -0.39 is 0 Å². The monoisotopic (exact) mass is 311 g/mol. The van der Waals surface area contributed by atoms with E-state index in [1.165, 1.54) is 10.9 Å². The Labute approximate surface area is 137 Å². The lowest BCUT2D eigenvalue weighted by Gasteiger charge is -2.38. The van der Waals surface area contributed by atoms with Crippen molar-refractivity contribution in [3.8, 4) is 0 Å². The van der Waals surface area contributed by atoms with Gasteiger partial charge in [0.05, 0.1) is 5.52 Å². The lowest BCUT2D eigenvalue weighted by atomic mass is 9.89. The molecule has 3 rings (SSSR count). The SMILES string of the molecule is CCC1CN(C(C)=O)CCC1NCc1cccc2cccnc12. The standard InChI is InChI=1S/C19H25N3O/c1-3-15-13-22(14(2)23)11-9-18(15)21-12-17-7-4-6-16-8-5-10-20-19(16)17/h4-8,10,15,18,21H,3,9,11-13H2,1-2H3. The molecule has 4 nitrogen and oxygen atoms in total. The van der Waals surface area contributed by atoms with Crippen LogP contribution in [0.5, 0.6) is 0 Å². The number of carbonyl (C=O) groups is 1. The van der Waals surface area contributed by atoms with Crippen LogP contribution in [0.3, 0.4) is 0 Å². The number of para-hydroxylation sites is 1. The van der Waals surface area contributed by atoms with E-state index >= 15 is 0 Å². The quantitative estimate of drug-likeness (QED) is 0.944. The van der Waals surface area contributed by atoms with Gasteiger partial charge in [0.15, 0.2) is 0 Å². The molecule has 1 aromatic carbocycles. The van der Waals surface area contributed by atoms with E-state index in [0.717, 1.165) is 38.0 Å². The Kier molecular flexibility index (Phi) is 4.91. The van der Waals surface area contributed by atoms with E-state index in [1.54, 1.807) is 6.92 Å². The van der Waals surface area contributed by atoms with Crippen LogP contribution in [0, 0.1) is 5.92 Å². The summed E-state index contributed by atoms with van der Waals surface area (Å²) in [5.41, 5.74) is 2.32. The minimum absolute atomic E-state index is 0.195. The third kappa shape index (κ3) is 3.53. The first kappa shape index (κ1) is 15.9. The number of amides is 1. The van der Waals surface area contributed by atoms with Gasteiger partial charge in [-0.1, -0.05) is 37.6 Å². The van der Waals surface area contributed by atoms with Crippen molar-refractivity contribution in [3.05, 3.63) is 42.1 Å². The molecule has 0 aliphatic carbocycles.